The largest absolute Gasteiger partial charge is 0.481 e. The van der Waals surface area contributed by atoms with Crippen molar-refractivity contribution in [3.8, 4) is 0 Å². The minimum absolute atomic E-state index is 0.260. The van der Waals surface area contributed by atoms with Crippen molar-refractivity contribution in [2.45, 2.75) is 12.5 Å². The highest BCUT2D eigenvalue weighted by Gasteiger charge is 2.26. The van der Waals surface area contributed by atoms with E-state index in [9.17, 15) is 19.4 Å². The molecule has 0 aliphatic carbocycles. The molecule has 1 atom stereocenters. The van der Waals surface area contributed by atoms with Crippen LogP contribution in [0.25, 0.3) is 0 Å². The Balaban J connectivity index is 2.75. The summed E-state index contributed by atoms with van der Waals surface area (Å²) in [4.78, 5) is 40.0. The second-order valence-corrected chi connectivity index (χ2v) is 6.16. The molecule has 0 spiro atoms. The first-order chi connectivity index (χ1) is 10.2. The maximum atomic E-state index is 11.8. The highest BCUT2D eigenvalue weighted by molar-refractivity contribution is 7.51. The van der Waals surface area contributed by atoms with Crippen LogP contribution in [0.2, 0.25) is 0 Å². The summed E-state index contributed by atoms with van der Waals surface area (Å²) in [5, 5.41) is 21.3. The minimum atomic E-state index is -4.31. The van der Waals surface area contributed by atoms with E-state index in [2.05, 4.69) is 5.32 Å². The Labute approximate surface area is 126 Å². The van der Waals surface area contributed by atoms with Gasteiger partial charge in [-0.2, -0.15) is 0 Å². The number of carboxylic acids is 1. The first-order valence-electron chi connectivity index (χ1n) is 6.23. The van der Waals surface area contributed by atoms with Gasteiger partial charge in [0.2, 0.25) is 0 Å². The van der Waals surface area contributed by atoms with E-state index in [1.165, 1.54) is 0 Å². The summed E-state index contributed by atoms with van der Waals surface area (Å²) >= 11 is 0. The highest BCUT2D eigenvalue weighted by Crippen LogP contribution is 2.31. The van der Waals surface area contributed by atoms with E-state index < -0.39 is 44.8 Å². The van der Waals surface area contributed by atoms with Gasteiger partial charge < -0.3 is 14.9 Å². The Bertz CT molecular complexity index is 560. The summed E-state index contributed by atoms with van der Waals surface area (Å²) in [6.45, 7) is -0.537. The van der Waals surface area contributed by atoms with Crippen molar-refractivity contribution in [1.82, 2.24) is 10.4 Å². The number of carboxylic acid groups (broad SMARTS) is 1. The Kier molecular flexibility index (Phi) is 6.66. The number of benzene rings is 1. The average Bonchev–Trinajstić information content (AvgIpc) is 2.43. The summed E-state index contributed by atoms with van der Waals surface area (Å²) in [7, 11) is -4.31. The fourth-order valence-electron chi connectivity index (χ4n) is 1.75. The van der Waals surface area contributed by atoms with Crippen LogP contribution < -0.4 is 5.32 Å². The van der Waals surface area contributed by atoms with Gasteiger partial charge in [-0.15, -0.1) is 0 Å². The first kappa shape index (κ1) is 18.3. The lowest BCUT2D eigenvalue weighted by molar-refractivity contribution is -0.178. The van der Waals surface area contributed by atoms with E-state index in [1.54, 1.807) is 30.3 Å². The molecule has 0 fully saturated rings. The standard InChI is InChI=1S/C12H17N2O7P/c15-11(7-13-8-22(19,20)21)14(18)10(6-12(16)17)9-4-2-1-3-5-9/h1-5,10,13,18H,6-8H2,(H,16,17)(H2,19,20,21). The van der Waals surface area contributed by atoms with Crippen LogP contribution in [0, 0.1) is 0 Å². The van der Waals surface area contributed by atoms with E-state index >= 15 is 0 Å². The molecule has 1 rings (SSSR count). The molecule has 0 aromatic heterocycles. The van der Waals surface area contributed by atoms with E-state index in [4.69, 9.17) is 14.9 Å². The van der Waals surface area contributed by atoms with Crippen LogP contribution >= 0.6 is 7.60 Å². The molecule has 0 aliphatic rings. The van der Waals surface area contributed by atoms with Crippen LogP contribution in [0.15, 0.2) is 30.3 Å². The molecular weight excluding hydrogens is 315 g/mol. The van der Waals surface area contributed by atoms with Crippen molar-refractivity contribution >= 4 is 19.5 Å². The number of nitrogens with one attached hydrogen (secondary N) is 1. The van der Waals surface area contributed by atoms with Crippen LogP contribution in [-0.2, 0) is 14.2 Å². The van der Waals surface area contributed by atoms with E-state index in [0.717, 1.165) is 0 Å². The van der Waals surface area contributed by atoms with Crippen LogP contribution in [0.1, 0.15) is 18.0 Å². The summed E-state index contributed by atoms with van der Waals surface area (Å²) in [5.74, 6) is -2.10. The molecule has 0 saturated carbocycles. The zero-order chi connectivity index (χ0) is 16.8. The van der Waals surface area contributed by atoms with Crippen LogP contribution in [0.3, 0.4) is 0 Å². The third-order valence-electron chi connectivity index (χ3n) is 2.70. The van der Waals surface area contributed by atoms with Gasteiger partial charge in [-0.1, -0.05) is 30.3 Å². The van der Waals surface area contributed by atoms with Gasteiger partial charge in [0.05, 0.1) is 25.3 Å². The average molecular weight is 332 g/mol. The first-order valence-corrected chi connectivity index (χ1v) is 8.03. The molecule has 1 aromatic rings. The number of carbonyl (C=O) groups is 2. The van der Waals surface area contributed by atoms with Gasteiger partial charge in [-0.05, 0) is 5.56 Å². The molecular formula is C12H17N2O7P. The topological polar surface area (TPSA) is 147 Å². The minimum Gasteiger partial charge on any atom is -0.481 e. The maximum Gasteiger partial charge on any atom is 0.339 e. The molecule has 9 nitrogen and oxygen atoms in total. The number of hydrogen-bond donors (Lipinski definition) is 5. The third kappa shape index (κ3) is 6.33. The fourth-order valence-corrected chi connectivity index (χ4v) is 2.15. The predicted molar refractivity (Wildman–Crippen MR) is 75.0 cm³/mol. The van der Waals surface area contributed by atoms with Crippen LogP contribution in [0.5, 0.6) is 0 Å². The summed E-state index contributed by atoms with van der Waals surface area (Å²) in [6.07, 6.45) is -1.23. The van der Waals surface area contributed by atoms with Gasteiger partial charge >= 0.3 is 13.6 Å². The molecule has 0 aliphatic heterocycles. The predicted octanol–water partition coefficient (Wildman–Crippen LogP) is 0.145. The van der Waals surface area contributed by atoms with Gasteiger partial charge in [0, 0.05) is 0 Å². The number of amides is 1. The summed E-state index contributed by atoms with van der Waals surface area (Å²) in [6, 6.07) is 7.00. The Morgan fingerprint density at radius 1 is 1.23 bits per heavy atom. The van der Waals surface area contributed by atoms with Gasteiger partial charge in [0.25, 0.3) is 5.91 Å². The van der Waals surface area contributed by atoms with Crippen LogP contribution in [0.4, 0.5) is 0 Å². The monoisotopic (exact) mass is 332 g/mol. The number of carbonyl (C=O) groups excluding carboxylic acids is 1. The Morgan fingerprint density at radius 3 is 2.32 bits per heavy atom. The normalized spacial score (nSPS) is 12.7. The lowest BCUT2D eigenvalue weighted by Crippen LogP contribution is -2.39. The molecule has 1 amide bonds. The molecule has 0 heterocycles. The third-order valence-corrected chi connectivity index (χ3v) is 3.33. The molecule has 0 radical (unpaired) electrons. The van der Waals surface area contributed by atoms with Gasteiger partial charge in [0.1, 0.15) is 0 Å². The lowest BCUT2D eigenvalue weighted by Gasteiger charge is -2.25. The molecule has 5 N–H and O–H groups in total. The SMILES string of the molecule is O=C(O)CC(c1ccccc1)N(O)C(=O)CNCP(=O)(O)O. The maximum absolute atomic E-state index is 11.8. The molecule has 0 bridgehead atoms. The number of aliphatic carboxylic acids is 1. The number of hydrogen-bond acceptors (Lipinski definition) is 5. The Hall–Kier alpha value is -1.77. The quantitative estimate of drug-likeness (QED) is 0.257. The smallest absolute Gasteiger partial charge is 0.339 e. The lowest BCUT2D eigenvalue weighted by atomic mass is 10.0. The van der Waals surface area contributed by atoms with Crippen molar-refractivity contribution in [3.63, 3.8) is 0 Å². The number of nitrogens with zero attached hydrogens (tertiary/aromatic N) is 1. The summed E-state index contributed by atoms with van der Waals surface area (Å²) in [5.41, 5.74) is 0.427. The van der Waals surface area contributed by atoms with Gasteiger partial charge in [0.15, 0.2) is 0 Å². The zero-order valence-electron chi connectivity index (χ0n) is 11.5. The van der Waals surface area contributed by atoms with Crippen molar-refractivity contribution in [2.24, 2.45) is 0 Å². The molecule has 1 aromatic carbocycles. The Morgan fingerprint density at radius 2 is 1.82 bits per heavy atom. The van der Waals surface area contributed by atoms with E-state index in [0.29, 0.717) is 5.56 Å². The second-order valence-electron chi connectivity index (χ2n) is 4.51. The number of rotatable bonds is 8. The molecule has 1 unspecified atom stereocenters. The van der Waals surface area contributed by atoms with Crippen molar-refractivity contribution in [3.05, 3.63) is 35.9 Å². The molecule has 0 saturated heterocycles. The molecule has 22 heavy (non-hydrogen) atoms. The molecule has 122 valence electrons. The fraction of sp³-hybridized carbons (Fsp3) is 0.333. The zero-order valence-corrected chi connectivity index (χ0v) is 12.4. The van der Waals surface area contributed by atoms with Crippen molar-refractivity contribution in [1.29, 1.82) is 0 Å². The number of hydroxylamine groups is 2. The molecule has 10 heteroatoms. The van der Waals surface area contributed by atoms with Gasteiger partial charge in [-0.25, -0.2) is 5.06 Å². The second kappa shape index (κ2) is 8.02. The van der Waals surface area contributed by atoms with Crippen molar-refractivity contribution < 1.29 is 34.3 Å². The van der Waals surface area contributed by atoms with Crippen LogP contribution in [-0.4, -0.2) is 49.9 Å². The highest BCUT2D eigenvalue weighted by atomic mass is 31.2. The van der Waals surface area contributed by atoms with Crippen molar-refractivity contribution in [2.75, 3.05) is 12.8 Å². The summed E-state index contributed by atoms with van der Waals surface area (Å²) < 4.78 is 10.7. The van der Waals surface area contributed by atoms with E-state index in [-0.39, 0.29) is 5.06 Å². The van der Waals surface area contributed by atoms with E-state index in [1.807, 2.05) is 0 Å². The van der Waals surface area contributed by atoms with Gasteiger partial charge in [-0.3, -0.25) is 24.7 Å².